The number of hydrogen-bond acceptors (Lipinski definition) is 3. The van der Waals surface area contributed by atoms with Gasteiger partial charge in [-0.15, -0.1) is 0 Å². The standard InChI is InChI=1S/C13H24N2O2S/c16-18(17,10-13-6-1-2-7-14-13)15-8-11-4-3-5-12(11)9-15/h11-14H,1-10H2. The van der Waals surface area contributed by atoms with E-state index in [-0.39, 0.29) is 6.04 Å². The summed E-state index contributed by atoms with van der Waals surface area (Å²) < 4.78 is 26.6. The summed E-state index contributed by atoms with van der Waals surface area (Å²) in [4.78, 5) is 0. The monoisotopic (exact) mass is 272 g/mol. The topological polar surface area (TPSA) is 49.4 Å². The lowest BCUT2D eigenvalue weighted by atomic mass is 10.0. The van der Waals surface area contributed by atoms with Crippen molar-refractivity contribution in [1.82, 2.24) is 9.62 Å². The van der Waals surface area contributed by atoms with Crippen LogP contribution in [0.15, 0.2) is 0 Å². The molecule has 2 aliphatic heterocycles. The average Bonchev–Trinajstić information content (AvgIpc) is 2.89. The lowest BCUT2D eigenvalue weighted by Crippen LogP contribution is -2.43. The highest BCUT2D eigenvalue weighted by molar-refractivity contribution is 7.89. The largest absolute Gasteiger partial charge is 0.313 e. The molecule has 104 valence electrons. The second-order valence-electron chi connectivity index (χ2n) is 6.19. The first kappa shape index (κ1) is 12.9. The molecule has 0 aromatic rings. The maximum Gasteiger partial charge on any atom is 0.215 e. The van der Waals surface area contributed by atoms with Gasteiger partial charge in [0.25, 0.3) is 0 Å². The molecule has 0 aromatic heterocycles. The molecule has 18 heavy (non-hydrogen) atoms. The number of nitrogens with one attached hydrogen (secondary N) is 1. The first-order valence-electron chi connectivity index (χ1n) is 7.36. The molecule has 3 unspecified atom stereocenters. The van der Waals surface area contributed by atoms with Crippen LogP contribution in [0.4, 0.5) is 0 Å². The molecule has 0 amide bonds. The molecular weight excluding hydrogens is 248 g/mol. The summed E-state index contributed by atoms with van der Waals surface area (Å²) >= 11 is 0. The third kappa shape index (κ3) is 2.58. The Morgan fingerprint density at radius 3 is 2.33 bits per heavy atom. The van der Waals surface area contributed by atoms with Gasteiger partial charge in [-0.25, -0.2) is 12.7 Å². The zero-order chi connectivity index (χ0) is 12.6. The summed E-state index contributed by atoms with van der Waals surface area (Å²) in [5.41, 5.74) is 0. The molecule has 3 rings (SSSR count). The second kappa shape index (κ2) is 5.10. The molecule has 3 fully saturated rings. The van der Waals surface area contributed by atoms with Gasteiger partial charge in [-0.2, -0.15) is 0 Å². The van der Waals surface area contributed by atoms with E-state index in [4.69, 9.17) is 0 Å². The first-order valence-corrected chi connectivity index (χ1v) is 8.97. The zero-order valence-corrected chi connectivity index (χ0v) is 11.8. The van der Waals surface area contributed by atoms with E-state index >= 15 is 0 Å². The fourth-order valence-electron chi connectivity index (χ4n) is 3.85. The van der Waals surface area contributed by atoms with Crippen molar-refractivity contribution in [2.24, 2.45) is 11.8 Å². The van der Waals surface area contributed by atoms with Crippen LogP contribution in [0.3, 0.4) is 0 Å². The van der Waals surface area contributed by atoms with Crippen LogP contribution >= 0.6 is 0 Å². The molecule has 3 atom stereocenters. The van der Waals surface area contributed by atoms with Gasteiger partial charge < -0.3 is 5.32 Å². The molecule has 3 aliphatic rings. The minimum absolute atomic E-state index is 0.184. The summed E-state index contributed by atoms with van der Waals surface area (Å²) in [5, 5.41) is 3.34. The predicted molar refractivity (Wildman–Crippen MR) is 71.8 cm³/mol. The number of fused-ring (bicyclic) bond motifs is 1. The van der Waals surface area contributed by atoms with Crippen molar-refractivity contribution in [1.29, 1.82) is 0 Å². The SMILES string of the molecule is O=S(=O)(CC1CCCCN1)N1CC2CCCC2C1. The molecule has 2 heterocycles. The third-order valence-corrected chi connectivity index (χ3v) is 6.82. The van der Waals surface area contributed by atoms with E-state index in [1.165, 1.54) is 32.1 Å². The Kier molecular flexibility index (Phi) is 3.65. The summed E-state index contributed by atoms with van der Waals surface area (Å²) in [5.74, 6) is 1.62. The van der Waals surface area contributed by atoms with E-state index in [1.807, 2.05) is 0 Å². The number of rotatable bonds is 3. The normalized spacial score (nSPS) is 37.9. The smallest absolute Gasteiger partial charge is 0.215 e. The van der Waals surface area contributed by atoms with E-state index < -0.39 is 10.0 Å². The maximum atomic E-state index is 12.4. The predicted octanol–water partition coefficient (Wildman–Crippen LogP) is 1.19. The maximum absolute atomic E-state index is 12.4. The Morgan fingerprint density at radius 2 is 1.72 bits per heavy atom. The van der Waals surface area contributed by atoms with Crippen LogP contribution in [0.1, 0.15) is 38.5 Å². The Balaban J connectivity index is 1.60. The zero-order valence-electron chi connectivity index (χ0n) is 11.0. The van der Waals surface area contributed by atoms with Crippen molar-refractivity contribution in [2.75, 3.05) is 25.4 Å². The number of piperidine rings is 1. The molecule has 1 saturated carbocycles. The molecule has 2 saturated heterocycles. The van der Waals surface area contributed by atoms with Crippen LogP contribution in [0.2, 0.25) is 0 Å². The van der Waals surface area contributed by atoms with Crippen molar-refractivity contribution in [3.8, 4) is 0 Å². The minimum Gasteiger partial charge on any atom is -0.313 e. The Labute approximate surface area is 110 Å². The highest BCUT2D eigenvalue weighted by Crippen LogP contribution is 2.38. The van der Waals surface area contributed by atoms with E-state index in [2.05, 4.69) is 5.32 Å². The average molecular weight is 272 g/mol. The van der Waals surface area contributed by atoms with Gasteiger partial charge in [0.1, 0.15) is 0 Å². The van der Waals surface area contributed by atoms with Crippen LogP contribution in [-0.2, 0) is 10.0 Å². The lowest BCUT2D eigenvalue weighted by Gasteiger charge is -2.26. The fourth-order valence-corrected chi connectivity index (χ4v) is 5.69. The number of hydrogen-bond donors (Lipinski definition) is 1. The van der Waals surface area contributed by atoms with Crippen molar-refractivity contribution < 1.29 is 8.42 Å². The van der Waals surface area contributed by atoms with Gasteiger partial charge in [-0.05, 0) is 44.1 Å². The van der Waals surface area contributed by atoms with Crippen LogP contribution in [0.5, 0.6) is 0 Å². The third-order valence-electron chi connectivity index (χ3n) is 4.91. The fraction of sp³-hybridized carbons (Fsp3) is 1.00. The summed E-state index contributed by atoms with van der Waals surface area (Å²) in [6.07, 6.45) is 7.13. The Hall–Kier alpha value is -0.130. The quantitative estimate of drug-likeness (QED) is 0.839. The van der Waals surface area contributed by atoms with Gasteiger partial charge in [0.2, 0.25) is 10.0 Å². The van der Waals surface area contributed by atoms with Crippen LogP contribution in [0.25, 0.3) is 0 Å². The van der Waals surface area contributed by atoms with Gasteiger partial charge in [0, 0.05) is 19.1 Å². The summed E-state index contributed by atoms with van der Waals surface area (Å²) in [6, 6.07) is 0.184. The molecule has 5 heteroatoms. The van der Waals surface area contributed by atoms with E-state index in [0.717, 1.165) is 26.1 Å². The molecule has 0 radical (unpaired) electrons. The van der Waals surface area contributed by atoms with E-state index in [0.29, 0.717) is 17.6 Å². The van der Waals surface area contributed by atoms with Gasteiger partial charge in [0.15, 0.2) is 0 Å². The molecular formula is C13H24N2O2S. The Bertz CT molecular complexity index is 378. The van der Waals surface area contributed by atoms with Gasteiger partial charge in [-0.1, -0.05) is 12.8 Å². The molecule has 1 N–H and O–H groups in total. The molecule has 4 nitrogen and oxygen atoms in total. The molecule has 0 aromatic carbocycles. The Morgan fingerprint density at radius 1 is 1.00 bits per heavy atom. The molecule has 0 spiro atoms. The van der Waals surface area contributed by atoms with Crippen LogP contribution < -0.4 is 5.32 Å². The second-order valence-corrected chi connectivity index (χ2v) is 8.21. The van der Waals surface area contributed by atoms with Gasteiger partial charge >= 0.3 is 0 Å². The minimum atomic E-state index is -3.03. The van der Waals surface area contributed by atoms with Gasteiger partial charge in [-0.3, -0.25) is 0 Å². The highest BCUT2D eigenvalue weighted by atomic mass is 32.2. The van der Waals surface area contributed by atoms with Gasteiger partial charge in [0.05, 0.1) is 5.75 Å². The van der Waals surface area contributed by atoms with Crippen molar-refractivity contribution >= 4 is 10.0 Å². The van der Waals surface area contributed by atoms with E-state index in [9.17, 15) is 8.42 Å². The van der Waals surface area contributed by atoms with Crippen molar-refractivity contribution in [3.63, 3.8) is 0 Å². The number of sulfonamides is 1. The first-order chi connectivity index (χ1) is 8.65. The molecule has 1 aliphatic carbocycles. The van der Waals surface area contributed by atoms with Crippen molar-refractivity contribution in [2.45, 2.75) is 44.6 Å². The summed E-state index contributed by atoms with van der Waals surface area (Å²) in [6.45, 7) is 2.56. The van der Waals surface area contributed by atoms with Crippen LogP contribution in [0, 0.1) is 11.8 Å². The van der Waals surface area contributed by atoms with Crippen molar-refractivity contribution in [3.05, 3.63) is 0 Å². The van der Waals surface area contributed by atoms with Crippen LogP contribution in [-0.4, -0.2) is 44.2 Å². The molecule has 0 bridgehead atoms. The number of nitrogens with zero attached hydrogens (tertiary/aromatic N) is 1. The highest BCUT2D eigenvalue weighted by Gasteiger charge is 2.41. The van der Waals surface area contributed by atoms with E-state index in [1.54, 1.807) is 4.31 Å². The lowest BCUT2D eigenvalue weighted by molar-refractivity contribution is 0.403. The summed E-state index contributed by atoms with van der Waals surface area (Å²) in [7, 11) is -3.03.